The summed E-state index contributed by atoms with van der Waals surface area (Å²) >= 11 is 0. The summed E-state index contributed by atoms with van der Waals surface area (Å²) in [5.74, 6) is 0. The molecule has 0 nitrogen and oxygen atoms in total. The first kappa shape index (κ1) is 16.2. The van der Waals surface area contributed by atoms with E-state index < -0.39 is 0 Å². The molecule has 0 aromatic rings. The zero-order valence-electron chi connectivity index (χ0n) is 5.73. The molecule has 0 heterocycles. The molecule has 2 heteroatoms. The van der Waals surface area contributed by atoms with E-state index in [1.807, 2.05) is 13.8 Å². The van der Waals surface area contributed by atoms with Crippen molar-refractivity contribution < 1.29 is 31.9 Å². The van der Waals surface area contributed by atoms with Crippen molar-refractivity contribution in [2.75, 3.05) is 0 Å². The van der Waals surface area contributed by atoms with Crippen LogP contribution in [0, 0.1) is 0 Å². The van der Waals surface area contributed by atoms with Gasteiger partial charge in [0, 0.05) is 0 Å². The van der Waals surface area contributed by atoms with Crippen molar-refractivity contribution in [3.63, 3.8) is 0 Å². The summed E-state index contributed by atoms with van der Waals surface area (Å²) in [5, 5.41) is 0. The van der Waals surface area contributed by atoms with Crippen molar-refractivity contribution >= 4 is 0 Å². The number of halogens is 1. The van der Waals surface area contributed by atoms with Gasteiger partial charge in [-0.3, -0.25) is 0 Å². The van der Waals surface area contributed by atoms with Crippen molar-refractivity contribution in [1.82, 2.24) is 0 Å². The van der Waals surface area contributed by atoms with E-state index in [4.69, 9.17) is 0 Å². The summed E-state index contributed by atoms with van der Waals surface area (Å²) < 4.78 is 0. The minimum atomic E-state index is 0. The van der Waals surface area contributed by atoms with Gasteiger partial charge in [-0.05, 0) is 20.3 Å². The predicted molar refractivity (Wildman–Crippen MR) is 34.2 cm³/mol. The Morgan fingerprint density at radius 3 is 1.56 bits per heavy atom. The van der Waals surface area contributed by atoms with Crippen LogP contribution in [0.15, 0.2) is 24.3 Å². The van der Waals surface area contributed by atoms with E-state index >= 15 is 0 Å². The van der Waals surface area contributed by atoms with Crippen LogP contribution in [0.3, 0.4) is 0 Å². The zero-order valence-corrected chi connectivity index (χ0v) is 8.12. The largest absolute Gasteiger partial charge is 1.00 e. The van der Waals surface area contributed by atoms with E-state index in [0.717, 1.165) is 6.42 Å². The molecule has 0 bridgehead atoms. The first-order valence-electron chi connectivity index (χ1n) is 2.64. The summed E-state index contributed by atoms with van der Waals surface area (Å²) in [6, 6.07) is 0. The Morgan fingerprint density at radius 1 is 1.00 bits per heavy atom. The third-order valence-corrected chi connectivity index (χ3v) is 0.744. The fourth-order valence-corrected chi connectivity index (χ4v) is 0.351. The van der Waals surface area contributed by atoms with E-state index in [-0.39, 0.29) is 31.9 Å². The van der Waals surface area contributed by atoms with E-state index in [1.54, 1.807) is 0 Å². The molecule has 0 fully saturated rings. The average molecular weight is 235 g/mol. The molecule has 9 heavy (non-hydrogen) atoms. The molecule has 0 saturated heterocycles. The minimum Gasteiger partial charge on any atom is -1.00 e. The molecule has 0 atom stereocenters. The van der Waals surface area contributed by atoms with Crippen LogP contribution < -0.4 is 12.4 Å². The second kappa shape index (κ2) is 15.8. The predicted octanol–water partition coefficient (Wildman–Crippen LogP) is -0.470. The Morgan fingerprint density at radius 2 is 1.33 bits per heavy atom. The van der Waals surface area contributed by atoms with Crippen LogP contribution in [0.2, 0.25) is 0 Å². The van der Waals surface area contributed by atoms with Gasteiger partial charge < -0.3 is 12.4 Å². The SMILES string of the molecule is CC=CCC=CC.[Cl-].[Rh+]. The molecule has 0 aromatic carbocycles. The Hall–Kier alpha value is 0.393. The van der Waals surface area contributed by atoms with Gasteiger partial charge in [0.1, 0.15) is 0 Å². The second-order valence-corrected chi connectivity index (χ2v) is 1.37. The Bertz CT molecular complexity index is 67.0. The van der Waals surface area contributed by atoms with Gasteiger partial charge in [0.2, 0.25) is 0 Å². The number of allylic oxidation sites excluding steroid dienone is 4. The molecule has 0 N–H and O–H groups in total. The van der Waals surface area contributed by atoms with Crippen molar-refractivity contribution in [3.05, 3.63) is 24.3 Å². The van der Waals surface area contributed by atoms with Crippen molar-refractivity contribution in [2.45, 2.75) is 20.3 Å². The van der Waals surface area contributed by atoms with Crippen LogP contribution in [0.25, 0.3) is 0 Å². The number of hydrogen-bond donors (Lipinski definition) is 0. The molecule has 0 unspecified atom stereocenters. The Labute approximate surface area is 76.6 Å². The van der Waals surface area contributed by atoms with E-state index in [0.29, 0.717) is 0 Å². The van der Waals surface area contributed by atoms with Crippen LogP contribution in [0.5, 0.6) is 0 Å². The fraction of sp³-hybridized carbons (Fsp3) is 0.429. The van der Waals surface area contributed by atoms with Crippen molar-refractivity contribution in [1.29, 1.82) is 0 Å². The maximum atomic E-state index is 2.12. The molecule has 0 amide bonds. The van der Waals surface area contributed by atoms with Gasteiger partial charge in [-0.2, -0.15) is 0 Å². The molecule has 0 spiro atoms. The van der Waals surface area contributed by atoms with Gasteiger partial charge in [0.25, 0.3) is 0 Å². The maximum Gasteiger partial charge on any atom is 1.00 e. The van der Waals surface area contributed by atoms with Crippen LogP contribution in [0.1, 0.15) is 20.3 Å². The monoisotopic (exact) mass is 234 g/mol. The quantitative estimate of drug-likeness (QED) is 0.448. The van der Waals surface area contributed by atoms with Gasteiger partial charge in [0.05, 0.1) is 0 Å². The molecule has 0 saturated carbocycles. The molecule has 0 aliphatic rings. The van der Waals surface area contributed by atoms with Gasteiger partial charge in [-0.15, -0.1) is 0 Å². The van der Waals surface area contributed by atoms with E-state index in [1.165, 1.54) is 0 Å². The van der Waals surface area contributed by atoms with Crippen LogP contribution >= 0.6 is 0 Å². The average Bonchev–Trinajstić information content (AvgIpc) is 1.69. The maximum absolute atomic E-state index is 2.12. The van der Waals surface area contributed by atoms with Gasteiger partial charge >= 0.3 is 19.5 Å². The summed E-state index contributed by atoms with van der Waals surface area (Å²) in [7, 11) is 0. The summed E-state index contributed by atoms with van der Waals surface area (Å²) in [6.07, 6.45) is 9.44. The van der Waals surface area contributed by atoms with E-state index in [2.05, 4.69) is 24.3 Å². The third kappa shape index (κ3) is 17.8. The van der Waals surface area contributed by atoms with Crippen molar-refractivity contribution in [3.8, 4) is 0 Å². The zero-order chi connectivity index (χ0) is 5.54. The number of rotatable bonds is 2. The van der Waals surface area contributed by atoms with Gasteiger partial charge in [-0.25, -0.2) is 0 Å². The molecule has 0 aromatic heterocycles. The van der Waals surface area contributed by atoms with Gasteiger partial charge in [0.15, 0.2) is 0 Å². The minimum absolute atomic E-state index is 0. The van der Waals surface area contributed by atoms with Crippen LogP contribution in [0.4, 0.5) is 0 Å². The van der Waals surface area contributed by atoms with Gasteiger partial charge in [-0.1, -0.05) is 24.3 Å². The Balaban J connectivity index is -0.000000180. The first-order valence-corrected chi connectivity index (χ1v) is 2.64. The molecule has 0 aliphatic carbocycles. The summed E-state index contributed by atoms with van der Waals surface area (Å²) in [4.78, 5) is 0. The Kier molecular flexibility index (Phi) is 28.4. The first-order chi connectivity index (χ1) is 3.41. The third-order valence-electron chi connectivity index (χ3n) is 0.744. The second-order valence-electron chi connectivity index (χ2n) is 1.37. The molecular formula is C7H12ClRh. The molecule has 0 aliphatic heterocycles. The molecular weight excluding hydrogens is 222 g/mol. The normalized spacial score (nSPS) is 9.11. The molecule has 0 radical (unpaired) electrons. The molecule has 0 rings (SSSR count). The topological polar surface area (TPSA) is 0 Å². The van der Waals surface area contributed by atoms with Crippen LogP contribution in [-0.2, 0) is 19.5 Å². The fourth-order valence-electron chi connectivity index (χ4n) is 0.351. The number of hydrogen-bond acceptors (Lipinski definition) is 0. The van der Waals surface area contributed by atoms with Crippen LogP contribution in [-0.4, -0.2) is 0 Å². The summed E-state index contributed by atoms with van der Waals surface area (Å²) in [5.41, 5.74) is 0. The molecule has 56 valence electrons. The standard InChI is InChI=1S/C7H12.ClH.Rh/c1-3-5-7-6-4-2;;/h3-6H,7H2,1-2H3;1H;/q;;+1/p-1. The summed E-state index contributed by atoms with van der Waals surface area (Å²) in [6.45, 7) is 4.06. The smallest absolute Gasteiger partial charge is 1.00 e. The van der Waals surface area contributed by atoms with E-state index in [9.17, 15) is 0 Å². The van der Waals surface area contributed by atoms with Crippen molar-refractivity contribution in [2.24, 2.45) is 0 Å².